The number of nitrogens with two attached hydrogens (primary N) is 1. The van der Waals surface area contributed by atoms with Crippen LogP contribution in [0.25, 0.3) is 0 Å². The summed E-state index contributed by atoms with van der Waals surface area (Å²) in [4.78, 5) is 3.92. The molecule has 1 atom stereocenters. The molecule has 4 N–H and O–H groups in total. The Morgan fingerprint density at radius 2 is 2.47 bits per heavy atom. The smallest absolute Gasteiger partial charge is 0.131 e. The predicted molar refractivity (Wildman–Crippen MR) is 63.2 cm³/mol. The van der Waals surface area contributed by atoms with Gasteiger partial charge in [-0.25, -0.2) is 4.98 Å². The van der Waals surface area contributed by atoms with Crippen molar-refractivity contribution in [2.75, 3.05) is 24.1 Å². The molecule has 1 fully saturated rings. The third-order valence-corrected chi connectivity index (χ3v) is 2.76. The summed E-state index contributed by atoms with van der Waals surface area (Å²) < 4.78 is 0. The average Bonchev–Trinajstić information content (AvgIpc) is 2.25. The van der Waals surface area contributed by atoms with Crippen molar-refractivity contribution >= 4 is 23.0 Å². The van der Waals surface area contributed by atoms with Gasteiger partial charge in [0.2, 0.25) is 0 Å². The van der Waals surface area contributed by atoms with Crippen LogP contribution in [0.3, 0.4) is 0 Å². The minimum absolute atomic E-state index is 0.430. The minimum Gasteiger partial charge on any atom is -0.396 e. The molecule has 2 heterocycles. The summed E-state index contributed by atoms with van der Waals surface area (Å²) in [6, 6.07) is 2.20. The Balaban J connectivity index is 2.05. The summed E-state index contributed by atoms with van der Waals surface area (Å²) >= 11 is 5.81. The number of anilines is 2. The van der Waals surface area contributed by atoms with Gasteiger partial charge in [-0.05, 0) is 19.4 Å². The monoisotopic (exact) mass is 226 g/mol. The van der Waals surface area contributed by atoms with Crippen molar-refractivity contribution in [2.24, 2.45) is 0 Å². The Bertz CT molecular complexity index is 336. The van der Waals surface area contributed by atoms with Crippen molar-refractivity contribution in [2.45, 2.75) is 18.9 Å². The SMILES string of the molecule is Nc1cnc(Cl)cc1NC1CCCNC1. The third-order valence-electron chi connectivity index (χ3n) is 2.56. The molecule has 0 radical (unpaired) electrons. The highest BCUT2D eigenvalue weighted by atomic mass is 35.5. The van der Waals surface area contributed by atoms with Gasteiger partial charge in [0.05, 0.1) is 17.6 Å². The maximum atomic E-state index is 5.81. The highest BCUT2D eigenvalue weighted by Crippen LogP contribution is 2.22. The molecule has 4 nitrogen and oxygen atoms in total. The van der Waals surface area contributed by atoms with Gasteiger partial charge < -0.3 is 16.4 Å². The zero-order valence-corrected chi connectivity index (χ0v) is 9.22. The van der Waals surface area contributed by atoms with Crippen molar-refractivity contribution in [3.8, 4) is 0 Å². The van der Waals surface area contributed by atoms with Gasteiger partial charge in [0.25, 0.3) is 0 Å². The van der Waals surface area contributed by atoms with Crippen molar-refractivity contribution in [1.82, 2.24) is 10.3 Å². The number of hydrogen-bond acceptors (Lipinski definition) is 4. The number of rotatable bonds is 2. The van der Waals surface area contributed by atoms with Gasteiger partial charge in [0, 0.05) is 18.7 Å². The highest BCUT2D eigenvalue weighted by molar-refractivity contribution is 6.29. The molecule has 0 aromatic carbocycles. The van der Waals surface area contributed by atoms with Crippen molar-refractivity contribution in [3.05, 3.63) is 17.4 Å². The lowest BCUT2D eigenvalue weighted by molar-refractivity contribution is 0.480. The summed E-state index contributed by atoms with van der Waals surface area (Å²) in [6.45, 7) is 2.07. The molecule has 0 amide bonds. The molecular weight excluding hydrogens is 212 g/mol. The molecule has 0 saturated carbocycles. The van der Waals surface area contributed by atoms with E-state index in [-0.39, 0.29) is 0 Å². The quantitative estimate of drug-likeness (QED) is 0.669. The van der Waals surface area contributed by atoms with E-state index in [2.05, 4.69) is 15.6 Å². The highest BCUT2D eigenvalue weighted by Gasteiger charge is 2.13. The molecule has 0 bridgehead atoms. The fourth-order valence-electron chi connectivity index (χ4n) is 1.76. The van der Waals surface area contributed by atoms with Gasteiger partial charge in [-0.2, -0.15) is 0 Å². The molecule has 1 aromatic rings. The van der Waals surface area contributed by atoms with Gasteiger partial charge in [0.15, 0.2) is 0 Å². The zero-order chi connectivity index (χ0) is 10.7. The fraction of sp³-hybridized carbons (Fsp3) is 0.500. The van der Waals surface area contributed by atoms with Crippen LogP contribution in [0, 0.1) is 0 Å². The van der Waals surface area contributed by atoms with E-state index in [0.29, 0.717) is 16.9 Å². The van der Waals surface area contributed by atoms with Crippen molar-refractivity contribution in [1.29, 1.82) is 0 Å². The maximum absolute atomic E-state index is 5.81. The first-order valence-electron chi connectivity index (χ1n) is 5.14. The van der Waals surface area contributed by atoms with Crippen LogP contribution in [0.4, 0.5) is 11.4 Å². The van der Waals surface area contributed by atoms with Gasteiger partial charge in [-0.1, -0.05) is 11.6 Å². The van der Waals surface area contributed by atoms with Crippen LogP contribution in [0.15, 0.2) is 12.3 Å². The zero-order valence-electron chi connectivity index (χ0n) is 8.46. The number of nitrogens with zero attached hydrogens (tertiary/aromatic N) is 1. The first-order valence-corrected chi connectivity index (χ1v) is 5.52. The van der Waals surface area contributed by atoms with Crippen molar-refractivity contribution in [3.63, 3.8) is 0 Å². The van der Waals surface area contributed by atoms with Crippen LogP contribution in [0.5, 0.6) is 0 Å². The standard InChI is InChI=1S/C10H15ClN4/c11-10-4-9(8(12)6-14-10)15-7-2-1-3-13-5-7/h4,6-7,13H,1-3,5,12H2,(H,14,15). The Morgan fingerprint density at radius 1 is 1.60 bits per heavy atom. The van der Waals surface area contributed by atoms with Crippen molar-refractivity contribution < 1.29 is 0 Å². The molecule has 15 heavy (non-hydrogen) atoms. The lowest BCUT2D eigenvalue weighted by atomic mass is 10.1. The molecule has 1 aliphatic rings. The number of hydrogen-bond donors (Lipinski definition) is 3. The van der Waals surface area contributed by atoms with Crippen LogP contribution < -0.4 is 16.4 Å². The summed E-state index contributed by atoms with van der Waals surface area (Å²) in [5.74, 6) is 0. The van der Waals surface area contributed by atoms with Gasteiger partial charge in [-0.15, -0.1) is 0 Å². The topological polar surface area (TPSA) is 63.0 Å². The number of pyridine rings is 1. The van der Waals surface area contributed by atoms with Crippen LogP contribution in [-0.2, 0) is 0 Å². The van der Waals surface area contributed by atoms with E-state index in [1.807, 2.05) is 0 Å². The molecule has 1 aromatic heterocycles. The van der Waals surface area contributed by atoms with E-state index >= 15 is 0 Å². The molecule has 0 spiro atoms. The van der Waals surface area contributed by atoms with Crippen LogP contribution >= 0.6 is 11.6 Å². The second-order valence-electron chi connectivity index (χ2n) is 3.78. The molecule has 1 saturated heterocycles. The first kappa shape index (κ1) is 10.5. The summed E-state index contributed by atoms with van der Waals surface area (Å²) in [5.41, 5.74) is 7.32. The number of nitrogens with one attached hydrogen (secondary N) is 2. The molecule has 0 aliphatic carbocycles. The van der Waals surface area contributed by atoms with Gasteiger partial charge in [0.1, 0.15) is 5.15 Å². The van der Waals surface area contributed by atoms with E-state index < -0.39 is 0 Å². The third kappa shape index (κ3) is 2.73. The second kappa shape index (κ2) is 4.68. The van der Waals surface area contributed by atoms with Gasteiger partial charge >= 0.3 is 0 Å². The van der Waals surface area contributed by atoms with E-state index in [1.54, 1.807) is 12.3 Å². The number of halogens is 1. The minimum atomic E-state index is 0.430. The molecule has 1 unspecified atom stereocenters. The predicted octanol–water partition coefficient (Wildman–Crippen LogP) is 1.48. The summed E-state index contributed by atoms with van der Waals surface area (Å²) in [5, 5.41) is 7.18. The van der Waals surface area contributed by atoms with E-state index in [9.17, 15) is 0 Å². The largest absolute Gasteiger partial charge is 0.396 e. The Kier molecular flexibility index (Phi) is 3.28. The Hall–Kier alpha value is -1.00. The van der Waals surface area contributed by atoms with Gasteiger partial charge in [-0.3, -0.25) is 0 Å². The molecule has 1 aliphatic heterocycles. The average molecular weight is 227 g/mol. The Morgan fingerprint density at radius 3 is 3.20 bits per heavy atom. The summed E-state index contributed by atoms with van der Waals surface area (Å²) in [7, 11) is 0. The fourth-order valence-corrected chi connectivity index (χ4v) is 1.92. The van der Waals surface area contributed by atoms with E-state index in [0.717, 1.165) is 25.2 Å². The van der Waals surface area contributed by atoms with E-state index in [1.165, 1.54) is 6.42 Å². The van der Waals surface area contributed by atoms with Crippen LogP contribution in [-0.4, -0.2) is 24.1 Å². The molecule has 82 valence electrons. The molecule has 2 rings (SSSR count). The molecule has 5 heteroatoms. The van der Waals surface area contributed by atoms with E-state index in [4.69, 9.17) is 17.3 Å². The second-order valence-corrected chi connectivity index (χ2v) is 4.17. The lowest BCUT2D eigenvalue weighted by Crippen LogP contribution is -2.38. The normalized spacial score (nSPS) is 21.3. The number of nitrogen functional groups attached to an aromatic ring is 1. The summed E-state index contributed by atoms with van der Waals surface area (Å²) in [6.07, 6.45) is 3.93. The first-order chi connectivity index (χ1) is 7.25. The number of piperidine rings is 1. The maximum Gasteiger partial charge on any atom is 0.131 e. The lowest BCUT2D eigenvalue weighted by Gasteiger charge is -2.25. The Labute approximate surface area is 94.2 Å². The number of aromatic nitrogens is 1. The molecular formula is C10H15ClN4. The van der Waals surface area contributed by atoms with Crippen LogP contribution in [0.1, 0.15) is 12.8 Å². The van der Waals surface area contributed by atoms with Crippen LogP contribution in [0.2, 0.25) is 5.15 Å².